The van der Waals surface area contributed by atoms with Crippen LogP contribution in [0.3, 0.4) is 0 Å². The van der Waals surface area contributed by atoms with Crippen molar-refractivity contribution in [3.8, 4) is 11.5 Å². The predicted octanol–water partition coefficient (Wildman–Crippen LogP) is 5.48. The molecule has 1 saturated carbocycles. The molecule has 1 aliphatic rings. The third kappa shape index (κ3) is 5.71. The molecule has 0 aromatic heterocycles. The van der Waals surface area contributed by atoms with Crippen LogP contribution in [0, 0.1) is 28.3 Å². The van der Waals surface area contributed by atoms with Crippen molar-refractivity contribution in [2.24, 2.45) is 10.8 Å². The third-order valence-electron chi connectivity index (χ3n) is 7.12. The summed E-state index contributed by atoms with van der Waals surface area (Å²) in [7, 11) is 1.50. The molecule has 1 fully saturated rings. The summed E-state index contributed by atoms with van der Waals surface area (Å²) in [6, 6.07) is 7.19. The van der Waals surface area contributed by atoms with Crippen molar-refractivity contribution in [3.63, 3.8) is 0 Å². The molecule has 1 amide bonds. The predicted molar refractivity (Wildman–Crippen MR) is 123 cm³/mol. The molecule has 0 unspecified atom stereocenters. The molecule has 2 aromatic carbocycles. The number of halogens is 3. The van der Waals surface area contributed by atoms with E-state index in [0.29, 0.717) is 49.5 Å². The van der Waals surface area contributed by atoms with Gasteiger partial charge in [0.2, 0.25) is 5.82 Å². The van der Waals surface area contributed by atoms with E-state index >= 15 is 0 Å². The second-order valence-corrected chi connectivity index (χ2v) is 9.43. The topological polar surface area (TPSA) is 84.9 Å². The molecule has 3 rings (SSSR count). The second kappa shape index (κ2) is 10.6. The summed E-state index contributed by atoms with van der Waals surface area (Å²) in [4.78, 5) is 24.2. The van der Waals surface area contributed by atoms with Crippen LogP contribution in [0.4, 0.5) is 13.2 Å². The van der Waals surface area contributed by atoms with E-state index < -0.39 is 51.5 Å². The maximum Gasteiger partial charge on any atom is 0.309 e. The smallest absolute Gasteiger partial charge is 0.309 e. The summed E-state index contributed by atoms with van der Waals surface area (Å²) in [5, 5.41) is 12.1. The Kier molecular flexibility index (Phi) is 7.97. The molecule has 190 valence electrons. The van der Waals surface area contributed by atoms with Gasteiger partial charge in [0.15, 0.2) is 17.4 Å². The van der Waals surface area contributed by atoms with Crippen molar-refractivity contribution in [2.45, 2.75) is 52.6 Å². The van der Waals surface area contributed by atoms with Crippen LogP contribution in [0.2, 0.25) is 0 Å². The number of nitrogens with one attached hydrogen (secondary N) is 1. The molecule has 9 heteroatoms. The second-order valence-electron chi connectivity index (χ2n) is 9.43. The first-order chi connectivity index (χ1) is 16.5. The Morgan fingerprint density at radius 2 is 1.69 bits per heavy atom. The Morgan fingerprint density at radius 1 is 1.06 bits per heavy atom. The number of carbonyl (C=O) groups is 2. The molecule has 35 heavy (non-hydrogen) atoms. The molecule has 0 atom stereocenters. The molecule has 0 heterocycles. The average molecular weight is 494 g/mol. The van der Waals surface area contributed by atoms with Crippen LogP contribution in [0.25, 0.3) is 0 Å². The molecule has 0 bridgehead atoms. The van der Waals surface area contributed by atoms with Gasteiger partial charge in [-0.25, -0.2) is 8.78 Å². The first kappa shape index (κ1) is 26.4. The largest absolute Gasteiger partial charge is 0.497 e. The van der Waals surface area contributed by atoms with Crippen LogP contribution >= 0.6 is 0 Å². The van der Waals surface area contributed by atoms with Crippen LogP contribution in [0.15, 0.2) is 30.3 Å². The Hall–Kier alpha value is -3.23. The van der Waals surface area contributed by atoms with Crippen molar-refractivity contribution < 1.29 is 37.3 Å². The van der Waals surface area contributed by atoms with Crippen molar-refractivity contribution >= 4 is 11.9 Å². The molecule has 0 spiro atoms. The minimum atomic E-state index is -1.58. The van der Waals surface area contributed by atoms with Gasteiger partial charge in [-0.15, -0.1) is 0 Å². The zero-order chi connectivity index (χ0) is 25.8. The van der Waals surface area contributed by atoms with Crippen molar-refractivity contribution in [1.29, 1.82) is 0 Å². The van der Waals surface area contributed by atoms with Gasteiger partial charge < -0.3 is 19.9 Å². The fourth-order valence-electron chi connectivity index (χ4n) is 4.37. The molecular weight excluding hydrogens is 463 g/mol. The quantitative estimate of drug-likeness (QED) is 0.452. The van der Waals surface area contributed by atoms with Crippen LogP contribution in [-0.4, -0.2) is 30.6 Å². The van der Waals surface area contributed by atoms with Gasteiger partial charge in [0.05, 0.1) is 18.1 Å². The number of carboxylic acids is 1. The molecule has 6 nitrogen and oxygen atoms in total. The maximum atomic E-state index is 14.7. The first-order valence-electron chi connectivity index (χ1n) is 11.5. The number of hydrogen-bond acceptors (Lipinski definition) is 4. The lowest BCUT2D eigenvalue weighted by molar-refractivity contribution is -0.152. The van der Waals surface area contributed by atoms with E-state index in [0.717, 1.165) is 0 Å². The van der Waals surface area contributed by atoms with E-state index in [4.69, 9.17) is 9.47 Å². The monoisotopic (exact) mass is 493 g/mol. The Balaban J connectivity index is 1.65. The number of amides is 1. The lowest BCUT2D eigenvalue weighted by atomic mass is 9.63. The fourth-order valence-corrected chi connectivity index (χ4v) is 4.37. The first-order valence-corrected chi connectivity index (χ1v) is 11.5. The Labute approximate surface area is 202 Å². The van der Waals surface area contributed by atoms with Crippen LogP contribution in [0.1, 0.15) is 61.9 Å². The molecule has 1 aliphatic carbocycles. The minimum Gasteiger partial charge on any atom is -0.497 e. The van der Waals surface area contributed by atoms with Gasteiger partial charge in [-0.3, -0.25) is 9.59 Å². The zero-order valence-electron chi connectivity index (χ0n) is 20.1. The Bertz CT molecular complexity index is 1080. The SMILES string of the molecule is CCC1(C(=O)O)CCC(C)(CNC(=O)c2cc(F)c(OCc3ccc(OC)cc3)c(F)c2F)CC1. The van der Waals surface area contributed by atoms with Gasteiger partial charge in [-0.1, -0.05) is 26.0 Å². The normalized spacial score (nSPS) is 21.9. The van der Waals surface area contributed by atoms with Crippen LogP contribution in [0.5, 0.6) is 11.5 Å². The average Bonchev–Trinajstić information content (AvgIpc) is 2.85. The molecule has 0 radical (unpaired) electrons. The van der Waals surface area contributed by atoms with Crippen molar-refractivity contribution in [2.75, 3.05) is 13.7 Å². The number of rotatable bonds is 9. The summed E-state index contributed by atoms with van der Waals surface area (Å²) in [6.07, 6.45) is 2.54. The lowest BCUT2D eigenvalue weighted by Gasteiger charge is -2.42. The number of carbonyl (C=O) groups excluding carboxylic acids is 1. The Morgan fingerprint density at radius 3 is 2.23 bits per heavy atom. The van der Waals surface area contributed by atoms with E-state index in [1.807, 2.05) is 13.8 Å². The molecular formula is C26H30F3NO5. The van der Waals surface area contributed by atoms with E-state index in [-0.39, 0.29) is 13.2 Å². The van der Waals surface area contributed by atoms with Gasteiger partial charge >= 0.3 is 5.97 Å². The lowest BCUT2D eigenvalue weighted by Crippen LogP contribution is -2.43. The van der Waals surface area contributed by atoms with E-state index in [1.54, 1.807) is 24.3 Å². The summed E-state index contributed by atoms with van der Waals surface area (Å²) in [6.45, 7) is 3.66. The van der Waals surface area contributed by atoms with Gasteiger partial charge in [0, 0.05) is 6.54 Å². The van der Waals surface area contributed by atoms with Gasteiger partial charge in [-0.2, -0.15) is 4.39 Å². The van der Waals surface area contributed by atoms with Crippen molar-refractivity contribution in [1.82, 2.24) is 5.32 Å². The summed E-state index contributed by atoms with van der Waals surface area (Å²) in [5.41, 5.74) is -1.35. The molecule has 0 saturated heterocycles. The highest BCUT2D eigenvalue weighted by Gasteiger charge is 2.44. The summed E-state index contributed by atoms with van der Waals surface area (Å²) >= 11 is 0. The van der Waals surface area contributed by atoms with Crippen LogP contribution < -0.4 is 14.8 Å². The van der Waals surface area contributed by atoms with Gasteiger partial charge in [-0.05, 0) is 61.3 Å². The van der Waals surface area contributed by atoms with E-state index in [2.05, 4.69) is 5.32 Å². The zero-order valence-corrected chi connectivity index (χ0v) is 20.1. The molecule has 2 aromatic rings. The van der Waals surface area contributed by atoms with E-state index in [9.17, 15) is 27.9 Å². The number of aliphatic carboxylic acids is 1. The van der Waals surface area contributed by atoms with Crippen LogP contribution in [-0.2, 0) is 11.4 Å². The van der Waals surface area contributed by atoms with E-state index in [1.165, 1.54) is 7.11 Å². The molecule has 2 N–H and O–H groups in total. The number of ether oxygens (including phenoxy) is 2. The minimum absolute atomic E-state index is 0.129. The van der Waals surface area contributed by atoms with Crippen molar-refractivity contribution in [3.05, 3.63) is 58.9 Å². The number of benzene rings is 2. The number of hydrogen-bond donors (Lipinski definition) is 2. The maximum absolute atomic E-state index is 14.7. The fraction of sp³-hybridized carbons (Fsp3) is 0.462. The molecule has 0 aliphatic heterocycles. The number of methoxy groups -OCH3 is 1. The number of carboxylic acid groups (broad SMARTS) is 1. The highest BCUT2D eigenvalue weighted by atomic mass is 19.2. The highest BCUT2D eigenvalue weighted by Crippen LogP contribution is 2.47. The highest BCUT2D eigenvalue weighted by molar-refractivity contribution is 5.94. The standard InChI is InChI=1S/C26H30F3NO5/c1-4-26(24(32)33)11-9-25(2,10-12-26)15-30-23(31)18-13-19(27)22(21(29)20(18)28)35-14-16-5-7-17(34-3)8-6-16/h5-8,13H,4,9-12,14-15H2,1-3H3,(H,30,31)(H,32,33). The van der Waals surface area contributed by atoms with Gasteiger partial charge in [0.25, 0.3) is 5.91 Å². The van der Waals surface area contributed by atoms with Gasteiger partial charge in [0.1, 0.15) is 12.4 Å². The third-order valence-corrected chi connectivity index (χ3v) is 7.12. The summed E-state index contributed by atoms with van der Waals surface area (Å²) < 4.78 is 54.0. The summed E-state index contributed by atoms with van der Waals surface area (Å²) in [5.74, 6) is -6.36.